The predicted octanol–water partition coefficient (Wildman–Crippen LogP) is 12.8. The lowest BCUT2D eigenvalue weighted by Gasteiger charge is -2.39. The first-order chi connectivity index (χ1) is 26.8. The first-order valence-corrected chi connectivity index (χ1v) is 18.4. The van der Waals surface area contributed by atoms with Crippen molar-refractivity contribution in [2.75, 3.05) is 0 Å². The number of hydrogen-bond acceptors (Lipinski definition) is 3. The molecule has 0 amide bonds. The van der Waals surface area contributed by atoms with Gasteiger partial charge in [-0.3, -0.25) is 0 Å². The molecule has 8 aromatic carbocycles. The molecule has 1 aliphatic heterocycles. The number of rotatable bonds is 4. The van der Waals surface area contributed by atoms with Crippen molar-refractivity contribution >= 4 is 10.9 Å². The van der Waals surface area contributed by atoms with Crippen molar-refractivity contribution in [2.45, 2.75) is 5.41 Å². The summed E-state index contributed by atoms with van der Waals surface area (Å²) in [6, 6.07) is 68.8. The Labute approximate surface area is 313 Å². The Hall–Kier alpha value is -7.10. The summed E-state index contributed by atoms with van der Waals surface area (Å²) in [7, 11) is 0. The molecule has 3 nitrogen and oxygen atoms in total. The summed E-state index contributed by atoms with van der Waals surface area (Å²) in [6.07, 6.45) is 0. The third-order valence-electron chi connectivity index (χ3n) is 11.2. The molecule has 3 heteroatoms. The summed E-state index contributed by atoms with van der Waals surface area (Å²) in [5.74, 6) is 2.47. The van der Waals surface area contributed by atoms with Gasteiger partial charge in [0, 0.05) is 27.6 Å². The van der Waals surface area contributed by atoms with Crippen molar-refractivity contribution in [1.29, 1.82) is 0 Å². The van der Waals surface area contributed by atoms with E-state index in [1.165, 1.54) is 38.9 Å². The smallest absolute Gasteiger partial charge is 0.160 e. The van der Waals surface area contributed by atoms with E-state index < -0.39 is 5.41 Å². The SMILES string of the molecule is c1ccc(-c2ccc(-c3nc(-c4ccc(-c5ccc6c(c5)Oc5ccccc5C65c6ccccc6-c6ccccc65)cc4)nc4ccccc34)cc2)cc1. The van der Waals surface area contributed by atoms with Gasteiger partial charge >= 0.3 is 0 Å². The van der Waals surface area contributed by atoms with Gasteiger partial charge in [0.25, 0.3) is 0 Å². The Kier molecular flexibility index (Phi) is 6.77. The van der Waals surface area contributed by atoms with Crippen LogP contribution in [0.2, 0.25) is 0 Å². The fraction of sp³-hybridized carbons (Fsp3) is 0.0196. The average molecular weight is 689 g/mol. The van der Waals surface area contributed by atoms with Gasteiger partial charge in [-0.15, -0.1) is 0 Å². The van der Waals surface area contributed by atoms with Crippen molar-refractivity contribution in [3.8, 4) is 67.5 Å². The minimum atomic E-state index is -0.466. The van der Waals surface area contributed by atoms with Crippen LogP contribution in [0.3, 0.4) is 0 Å². The van der Waals surface area contributed by atoms with E-state index in [9.17, 15) is 0 Å². The van der Waals surface area contributed by atoms with Gasteiger partial charge in [0.05, 0.1) is 16.6 Å². The lowest BCUT2D eigenvalue weighted by atomic mass is 9.66. The van der Waals surface area contributed by atoms with E-state index in [2.05, 4.69) is 182 Å². The minimum Gasteiger partial charge on any atom is -0.457 e. The summed E-state index contributed by atoms with van der Waals surface area (Å²) in [6.45, 7) is 0. The maximum Gasteiger partial charge on any atom is 0.160 e. The maximum absolute atomic E-state index is 6.76. The molecule has 1 aliphatic carbocycles. The molecule has 0 radical (unpaired) electrons. The molecule has 11 rings (SSSR count). The van der Waals surface area contributed by atoms with E-state index in [-0.39, 0.29) is 0 Å². The van der Waals surface area contributed by atoms with Gasteiger partial charge in [-0.1, -0.05) is 176 Å². The number of hydrogen-bond donors (Lipinski definition) is 0. The monoisotopic (exact) mass is 688 g/mol. The molecule has 0 unspecified atom stereocenters. The summed E-state index contributed by atoms with van der Waals surface area (Å²) in [5, 5.41) is 1.03. The van der Waals surface area contributed by atoms with Gasteiger partial charge in [-0.2, -0.15) is 0 Å². The molecule has 252 valence electrons. The molecule has 1 aromatic heterocycles. The lowest BCUT2D eigenvalue weighted by Crippen LogP contribution is -2.32. The third-order valence-corrected chi connectivity index (χ3v) is 11.2. The van der Waals surface area contributed by atoms with E-state index in [4.69, 9.17) is 14.7 Å². The van der Waals surface area contributed by atoms with Crippen LogP contribution in [0.5, 0.6) is 11.5 Å². The quantitative estimate of drug-likeness (QED) is 0.185. The van der Waals surface area contributed by atoms with Gasteiger partial charge in [0.2, 0.25) is 0 Å². The lowest BCUT2D eigenvalue weighted by molar-refractivity contribution is 0.436. The molecule has 2 aliphatic rings. The third kappa shape index (κ3) is 4.55. The van der Waals surface area contributed by atoms with E-state index in [1.54, 1.807) is 0 Å². The van der Waals surface area contributed by atoms with Crippen LogP contribution >= 0.6 is 0 Å². The standard InChI is InChI=1S/C51H32N2O/c1-2-12-33(13-3-1)34-22-26-36(27-23-34)49-41-16-6-10-20-46(41)52-50(53-49)37-28-24-35(25-29-37)38-30-31-45-48(32-38)54-47-21-11-9-19-44(47)51(45)42-17-7-4-14-39(42)40-15-5-8-18-43(40)51/h1-32H. The van der Waals surface area contributed by atoms with Gasteiger partial charge in [-0.05, 0) is 62.7 Å². The fourth-order valence-electron chi connectivity index (χ4n) is 8.73. The highest BCUT2D eigenvalue weighted by atomic mass is 16.5. The second kappa shape index (κ2) is 12.0. The Bertz CT molecular complexity index is 2850. The maximum atomic E-state index is 6.76. The van der Waals surface area contributed by atoms with Crippen molar-refractivity contribution < 1.29 is 4.74 Å². The van der Waals surface area contributed by atoms with E-state index in [1.807, 2.05) is 12.1 Å². The Morgan fingerprint density at radius 3 is 1.61 bits per heavy atom. The van der Waals surface area contributed by atoms with E-state index in [0.29, 0.717) is 5.82 Å². The molecular formula is C51H32N2O. The largest absolute Gasteiger partial charge is 0.457 e. The molecule has 9 aromatic rings. The zero-order chi connectivity index (χ0) is 35.6. The Balaban J connectivity index is 0.984. The van der Waals surface area contributed by atoms with Crippen molar-refractivity contribution in [2.24, 2.45) is 0 Å². The number of benzene rings is 8. The number of nitrogens with zero attached hydrogens (tertiary/aromatic N) is 2. The first-order valence-electron chi connectivity index (χ1n) is 18.4. The van der Waals surface area contributed by atoms with Crippen molar-refractivity contribution in [1.82, 2.24) is 9.97 Å². The van der Waals surface area contributed by atoms with Gasteiger partial charge in [0.15, 0.2) is 5.82 Å². The van der Waals surface area contributed by atoms with Gasteiger partial charge in [0.1, 0.15) is 11.5 Å². The number of ether oxygens (including phenoxy) is 1. The van der Waals surface area contributed by atoms with Crippen LogP contribution in [0.4, 0.5) is 0 Å². The summed E-state index contributed by atoms with van der Waals surface area (Å²) < 4.78 is 6.76. The van der Waals surface area contributed by atoms with Crippen LogP contribution in [-0.2, 0) is 5.41 Å². The molecule has 1 spiro atoms. The second-order valence-corrected chi connectivity index (χ2v) is 14.1. The number of fused-ring (bicyclic) bond motifs is 10. The predicted molar refractivity (Wildman–Crippen MR) is 219 cm³/mol. The molecule has 54 heavy (non-hydrogen) atoms. The summed E-state index contributed by atoms with van der Waals surface area (Å²) in [5.41, 5.74) is 15.5. The van der Waals surface area contributed by atoms with Crippen LogP contribution in [0.25, 0.3) is 66.9 Å². The highest BCUT2D eigenvalue weighted by Gasteiger charge is 2.50. The zero-order valence-electron chi connectivity index (χ0n) is 29.3. The van der Waals surface area contributed by atoms with Gasteiger partial charge in [-0.25, -0.2) is 9.97 Å². The summed E-state index contributed by atoms with van der Waals surface area (Å²) >= 11 is 0. The van der Waals surface area contributed by atoms with Gasteiger partial charge < -0.3 is 4.74 Å². The molecule has 0 N–H and O–H groups in total. The molecule has 0 atom stereocenters. The highest BCUT2D eigenvalue weighted by Crippen LogP contribution is 2.62. The molecular weight excluding hydrogens is 657 g/mol. The Morgan fingerprint density at radius 2 is 0.870 bits per heavy atom. The molecule has 2 heterocycles. The highest BCUT2D eigenvalue weighted by molar-refractivity contribution is 5.94. The van der Waals surface area contributed by atoms with E-state index >= 15 is 0 Å². The molecule has 0 saturated heterocycles. The zero-order valence-corrected chi connectivity index (χ0v) is 29.3. The van der Waals surface area contributed by atoms with Crippen LogP contribution in [0.1, 0.15) is 22.3 Å². The molecule has 0 bridgehead atoms. The molecule has 0 fully saturated rings. The first kappa shape index (κ1) is 30.5. The van der Waals surface area contributed by atoms with Crippen LogP contribution in [0.15, 0.2) is 194 Å². The van der Waals surface area contributed by atoms with Crippen LogP contribution < -0.4 is 4.74 Å². The fourth-order valence-corrected chi connectivity index (χ4v) is 8.73. The normalized spacial score (nSPS) is 13.1. The Morgan fingerprint density at radius 1 is 0.352 bits per heavy atom. The number of para-hydroxylation sites is 2. The second-order valence-electron chi connectivity index (χ2n) is 14.1. The molecule has 0 saturated carbocycles. The summed E-state index contributed by atoms with van der Waals surface area (Å²) in [4.78, 5) is 10.2. The van der Waals surface area contributed by atoms with Crippen molar-refractivity contribution in [3.63, 3.8) is 0 Å². The number of aromatic nitrogens is 2. The van der Waals surface area contributed by atoms with E-state index in [0.717, 1.165) is 55.9 Å². The minimum absolute atomic E-state index is 0.466. The topological polar surface area (TPSA) is 35.0 Å². The average Bonchev–Trinajstić information content (AvgIpc) is 3.54. The van der Waals surface area contributed by atoms with Crippen LogP contribution in [0, 0.1) is 0 Å². The van der Waals surface area contributed by atoms with Crippen molar-refractivity contribution in [3.05, 3.63) is 216 Å². The van der Waals surface area contributed by atoms with Crippen LogP contribution in [-0.4, -0.2) is 9.97 Å².